The first kappa shape index (κ1) is 20.7. The Morgan fingerprint density at radius 3 is 2.50 bits per heavy atom. The second-order valence-corrected chi connectivity index (χ2v) is 8.53. The van der Waals surface area contributed by atoms with E-state index in [4.69, 9.17) is 23.8 Å². The van der Waals surface area contributed by atoms with E-state index in [9.17, 15) is 4.39 Å². The van der Waals surface area contributed by atoms with Crippen molar-refractivity contribution in [3.63, 3.8) is 0 Å². The van der Waals surface area contributed by atoms with Gasteiger partial charge in [0.1, 0.15) is 11.9 Å². The van der Waals surface area contributed by atoms with Crippen molar-refractivity contribution in [1.29, 1.82) is 0 Å². The van der Waals surface area contributed by atoms with Gasteiger partial charge in [-0.1, -0.05) is 35.4 Å². The van der Waals surface area contributed by atoms with E-state index in [2.05, 4.69) is 52.5 Å². The van der Waals surface area contributed by atoms with Crippen molar-refractivity contribution in [3.05, 3.63) is 113 Å². The van der Waals surface area contributed by atoms with Gasteiger partial charge in [-0.3, -0.25) is 4.98 Å². The summed E-state index contributed by atoms with van der Waals surface area (Å²) in [6.07, 6.45) is 3.73. The molecule has 2 aromatic carbocycles. The normalized spacial score (nSPS) is 18.1. The topological polar surface area (TPSA) is 33.1 Å². The van der Waals surface area contributed by atoms with Gasteiger partial charge in [-0.15, -0.1) is 0 Å². The number of nitrogens with zero attached hydrogens (tertiary/aromatic N) is 3. The van der Waals surface area contributed by atoms with E-state index >= 15 is 0 Å². The molecule has 2 aromatic heterocycles. The molecule has 5 rings (SSSR count). The van der Waals surface area contributed by atoms with Crippen molar-refractivity contribution >= 4 is 34.6 Å². The van der Waals surface area contributed by atoms with Gasteiger partial charge >= 0.3 is 0 Å². The molecule has 2 atom stereocenters. The molecule has 1 aliphatic heterocycles. The molecule has 0 aliphatic carbocycles. The number of halogens is 2. The van der Waals surface area contributed by atoms with Crippen molar-refractivity contribution in [2.75, 3.05) is 4.90 Å². The summed E-state index contributed by atoms with van der Waals surface area (Å²) in [7, 11) is 0. The van der Waals surface area contributed by atoms with E-state index in [1.165, 1.54) is 11.6 Å². The molecule has 160 valence electrons. The Balaban J connectivity index is 1.67. The number of pyridine rings is 1. The van der Waals surface area contributed by atoms with Crippen LogP contribution in [-0.2, 0) is 0 Å². The number of hydrogen-bond donors (Lipinski definition) is 1. The molecule has 0 amide bonds. The summed E-state index contributed by atoms with van der Waals surface area (Å²) in [6.45, 7) is 2.06. The Kier molecular flexibility index (Phi) is 5.41. The number of hydrogen-bond acceptors (Lipinski definition) is 2. The molecule has 1 N–H and O–H groups in total. The lowest BCUT2D eigenvalue weighted by atomic mass is 10.0. The number of aromatic nitrogens is 2. The molecule has 7 heteroatoms. The van der Waals surface area contributed by atoms with E-state index < -0.39 is 5.82 Å². The summed E-state index contributed by atoms with van der Waals surface area (Å²) in [4.78, 5) is 6.71. The molecule has 0 spiro atoms. The Morgan fingerprint density at radius 1 is 1.00 bits per heavy atom. The summed E-state index contributed by atoms with van der Waals surface area (Å²) >= 11 is 11.9. The van der Waals surface area contributed by atoms with E-state index in [1.54, 1.807) is 18.3 Å². The quantitative estimate of drug-likeness (QED) is 0.369. The summed E-state index contributed by atoms with van der Waals surface area (Å²) in [5.41, 5.74) is 4.81. The molecule has 4 aromatic rings. The third-order valence-corrected chi connectivity index (χ3v) is 6.28. The van der Waals surface area contributed by atoms with Crippen molar-refractivity contribution in [3.8, 4) is 5.69 Å². The third kappa shape index (κ3) is 3.66. The first-order valence-corrected chi connectivity index (χ1v) is 11.0. The molecular weight excluding hydrogens is 443 g/mol. The highest BCUT2D eigenvalue weighted by Crippen LogP contribution is 2.42. The van der Waals surface area contributed by atoms with Gasteiger partial charge in [0.2, 0.25) is 0 Å². The molecule has 1 aliphatic rings. The highest BCUT2D eigenvalue weighted by Gasteiger charge is 2.42. The van der Waals surface area contributed by atoms with Crippen LogP contribution in [-0.4, -0.2) is 14.7 Å². The van der Waals surface area contributed by atoms with Crippen LogP contribution in [0.2, 0.25) is 5.02 Å². The number of benzene rings is 2. The van der Waals surface area contributed by atoms with Gasteiger partial charge in [-0.2, -0.15) is 0 Å². The largest absolute Gasteiger partial charge is 0.351 e. The average Bonchev–Trinajstić information content (AvgIpc) is 3.41. The van der Waals surface area contributed by atoms with Crippen LogP contribution in [0.1, 0.15) is 29.0 Å². The molecule has 32 heavy (non-hydrogen) atoms. The molecule has 1 fully saturated rings. The molecule has 0 unspecified atom stereocenters. The maximum Gasteiger partial charge on any atom is 0.174 e. The smallest absolute Gasteiger partial charge is 0.174 e. The maximum absolute atomic E-state index is 13.8. The van der Waals surface area contributed by atoms with Gasteiger partial charge in [0, 0.05) is 29.5 Å². The second kappa shape index (κ2) is 8.37. The summed E-state index contributed by atoms with van der Waals surface area (Å²) in [5.74, 6) is -0.444. The number of thiocarbonyl (C=S) groups is 1. The molecule has 1 saturated heterocycles. The van der Waals surface area contributed by atoms with Crippen LogP contribution in [0.3, 0.4) is 0 Å². The van der Waals surface area contributed by atoms with Gasteiger partial charge in [-0.25, -0.2) is 4.39 Å². The molecular formula is C25H20ClFN4S. The van der Waals surface area contributed by atoms with E-state index in [0.717, 1.165) is 22.8 Å². The van der Waals surface area contributed by atoms with Crippen LogP contribution < -0.4 is 10.2 Å². The third-order valence-electron chi connectivity index (χ3n) is 5.67. The van der Waals surface area contributed by atoms with Gasteiger partial charge in [0.15, 0.2) is 5.11 Å². The Morgan fingerprint density at radius 2 is 1.78 bits per heavy atom. The Hall–Kier alpha value is -3.22. The summed E-state index contributed by atoms with van der Waals surface area (Å²) < 4.78 is 15.8. The summed E-state index contributed by atoms with van der Waals surface area (Å²) in [6, 6.07) is 22.5. The predicted molar refractivity (Wildman–Crippen MR) is 130 cm³/mol. The Bertz CT molecular complexity index is 1270. The fourth-order valence-electron chi connectivity index (χ4n) is 4.14. The van der Waals surface area contributed by atoms with Gasteiger partial charge in [-0.05, 0) is 73.7 Å². The van der Waals surface area contributed by atoms with Gasteiger partial charge in [0.25, 0.3) is 0 Å². The zero-order valence-corrected chi connectivity index (χ0v) is 18.8. The predicted octanol–water partition coefficient (Wildman–Crippen LogP) is 6.15. The monoisotopic (exact) mass is 462 g/mol. The molecule has 0 radical (unpaired) electrons. The summed E-state index contributed by atoms with van der Waals surface area (Å²) in [5, 5.41) is 4.17. The standard InChI is InChI=1S/C25H20ClFN4S/c1-16-7-9-17(10-8-16)31-24(23(29-25(31)32)21-5-2-3-13-28-21)22-6-4-14-30(22)18-11-12-20(27)19(26)15-18/h2-15,23-24H,1H3,(H,29,32)/t23-,24-/m1/s1. The van der Waals surface area contributed by atoms with Crippen LogP contribution in [0.15, 0.2) is 85.2 Å². The fourth-order valence-corrected chi connectivity index (χ4v) is 4.66. The lowest BCUT2D eigenvalue weighted by Crippen LogP contribution is -2.30. The highest BCUT2D eigenvalue weighted by atomic mass is 35.5. The van der Waals surface area contributed by atoms with E-state index in [-0.39, 0.29) is 17.1 Å². The van der Waals surface area contributed by atoms with E-state index in [0.29, 0.717) is 5.11 Å². The molecule has 4 nitrogen and oxygen atoms in total. The second-order valence-electron chi connectivity index (χ2n) is 7.73. The molecule has 0 saturated carbocycles. The lowest BCUT2D eigenvalue weighted by Gasteiger charge is -2.29. The number of aryl methyl sites for hydroxylation is 1. The van der Waals surface area contributed by atoms with Crippen molar-refractivity contribution in [1.82, 2.24) is 14.9 Å². The van der Waals surface area contributed by atoms with Crippen molar-refractivity contribution in [2.24, 2.45) is 0 Å². The molecule has 3 heterocycles. The minimum Gasteiger partial charge on any atom is -0.351 e. The maximum atomic E-state index is 13.8. The zero-order chi connectivity index (χ0) is 22.2. The van der Waals surface area contributed by atoms with Crippen LogP contribution in [0.5, 0.6) is 0 Å². The van der Waals surface area contributed by atoms with Crippen LogP contribution in [0.4, 0.5) is 10.1 Å². The van der Waals surface area contributed by atoms with Gasteiger partial charge < -0.3 is 14.8 Å². The SMILES string of the molecule is Cc1ccc(N2C(=S)N[C@H](c3ccccn3)[C@H]2c2cccn2-c2ccc(F)c(Cl)c2)cc1. The minimum absolute atomic E-state index is 0.0823. The van der Waals surface area contributed by atoms with E-state index in [1.807, 2.05) is 35.0 Å². The van der Waals surface area contributed by atoms with Crippen LogP contribution in [0.25, 0.3) is 5.69 Å². The zero-order valence-electron chi connectivity index (χ0n) is 17.2. The average molecular weight is 463 g/mol. The van der Waals surface area contributed by atoms with Crippen LogP contribution >= 0.6 is 23.8 Å². The Labute approximate surface area is 196 Å². The first-order valence-electron chi connectivity index (χ1n) is 10.2. The van der Waals surface area contributed by atoms with Crippen molar-refractivity contribution < 1.29 is 4.39 Å². The molecule has 0 bridgehead atoms. The number of anilines is 1. The fraction of sp³-hybridized carbons (Fsp3) is 0.120. The first-order chi connectivity index (χ1) is 15.5. The number of rotatable bonds is 4. The minimum atomic E-state index is -0.444. The van der Waals surface area contributed by atoms with Gasteiger partial charge in [0.05, 0.1) is 16.8 Å². The van der Waals surface area contributed by atoms with Crippen LogP contribution in [0, 0.1) is 12.7 Å². The highest BCUT2D eigenvalue weighted by molar-refractivity contribution is 7.80. The van der Waals surface area contributed by atoms with Crippen molar-refractivity contribution in [2.45, 2.75) is 19.0 Å². The number of nitrogens with one attached hydrogen (secondary N) is 1. The lowest BCUT2D eigenvalue weighted by molar-refractivity contribution is 0.549.